The molecule has 0 bridgehead atoms. The maximum atomic E-state index is 13.4. The van der Waals surface area contributed by atoms with Crippen LogP contribution >= 0.6 is 0 Å². The minimum atomic E-state index is -3.76. The molecule has 0 aliphatic rings. The van der Waals surface area contributed by atoms with Crippen molar-refractivity contribution in [1.82, 2.24) is 3.97 Å². The van der Waals surface area contributed by atoms with Gasteiger partial charge in [-0.3, -0.25) is 0 Å². The zero-order valence-electron chi connectivity index (χ0n) is 14.4. The summed E-state index contributed by atoms with van der Waals surface area (Å²) in [5.41, 5.74) is 2.90. The molecule has 4 aromatic rings. The van der Waals surface area contributed by atoms with Gasteiger partial charge in [-0.15, -0.1) is 0 Å². The smallest absolute Gasteiger partial charge is 0.268 e. The van der Waals surface area contributed by atoms with Crippen molar-refractivity contribution in [2.75, 3.05) is 0 Å². The van der Waals surface area contributed by atoms with Crippen molar-refractivity contribution in [2.45, 2.75) is 11.3 Å². The van der Waals surface area contributed by atoms with E-state index in [0.29, 0.717) is 17.6 Å². The van der Waals surface area contributed by atoms with E-state index in [1.807, 2.05) is 48.5 Å². The van der Waals surface area contributed by atoms with Crippen LogP contribution in [-0.4, -0.2) is 18.7 Å². The SMILES string of the molecule is O=CCc1ccc(-c2cc3ccccc3n2S(=O)(=O)c2ccccc2)cc1. The maximum Gasteiger partial charge on any atom is 0.268 e. The second-order valence-corrected chi connectivity index (χ2v) is 8.03. The summed E-state index contributed by atoms with van der Waals surface area (Å²) < 4.78 is 28.2. The summed E-state index contributed by atoms with van der Waals surface area (Å²) in [4.78, 5) is 10.9. The highest BCUT2D eigenvalue weighted by Crippen LogP contribution is 2.32. The van der Waals surface area contributed by atoms with Crippen LogP contribution in [0, 0.1) is 0 Å². The molecule has 0 atom stereocenters. The molecule has 0 saturated heterocycles. The quantitative estimate of drug-likeness (QED) is 0.489. The largest absolute Gasteiger partial charge is 0.303 e. The van der Waals surface area contributed by atoms with Gasteiger partial charge in [-0.1, -0.05) is 60.7 Å². The van der Waals surface area contributed by atoms with Gasteiger partial charge in [0.25, 0.3) is 10.0 Å². The lowest BCUT2D eigenvalue weighted by molar-refractivity contribution is -0.107. The second-order valence-electron chi connectivity index (χ2n) is 6.24. The zero-order chi connectivity index (χ0) is 18.9. The average molecular weight is 375 g/mol. The van der Waals surface area contributed by atoms with Gasteiger partial charge < -0.3 is 4.79 Å². The first kappa shape index (κ1) is 17.2. The molecule has 0 spiro atoms. The van der Waals surface area contributed by atoms with Crippen molar-refractivity contribution in [3.05, 3.63) is 90.5 Å². The van der Waals surface area contributed by atoms with Crippen molar-refractivity contribution in [1.29, 1.82) is 0 Å². The van der Waals surface area contributed by atoms with Gasteiger partial charge in [0.1, 0.15) is 6.29 Å². The zero-order valence-corrected chi connectivity index (χ0v) is 15.3. The van der Waals surface area contributed by atoms with Gasteiger partial charge >= 0.3 is 0 Å². The summed E-state index contributed by atoms with van der Waals surface area (Å²) in [5.74, 6) is 0. The Kier molecular flexibility index (Phi) is 4.38. The molecule has 5 heteroatoms. The summed E-state index contributed by atoms with van der Waals surface area (Å²) in [5, 5.41) is 0.851. The van der Waals surface area contributed by atoms with Gasteiger partial charge in [-0.05, 0) is 35.4 Å². The Morgan fingerprint density at radius 1 is 0.815 bits per heavy atom. The molecule has 0 aliphatic carbocycles. The standard InChI is InChI=1S/C22H17NO3S/c24-15-14-17-10-12-18(13-11-17)22-16-19-6-4-5-9-21(19)23(22)27(25,26)20-7-2-1-3-8-20/h1-13,15-16H,14H2. The fourth-order valence-electron chi connectivity index (χ4n) is 3.20. The lowest BCUT2D eigenvalue weighted by Crippen LogP contribution is -2.14. The number of carbonyl (C=O) groups is 1. The molecule has 0 saturated carbocycles. The van der Waals surface area contributed by atoms with E-state index in [0.717, 1.165) is 22.8 Å². The van der Waals surface area contributed by atoms with E-state index in [9.17, 15) is 13.2 Å². The van der Waals surface area contributed by atoms with Gasteiger partial charge in [-0.25, -0.2) is 12.4 Å². The monoisotopic (exact) mass is 375 g/mol. The highest BCUT2D eigenvalue weighted by atomic mass is 32.2. The molecule has 4 nitrogen and oxygen atoms in total. The predicted octanol–water partition coefficient (Wildman–Crippen LogP) is 4.29. The van der Waals surface area contributed by atoms with Gasteiger partial charge in [0.15, 0.2) is 0 Å². The third-order valence-corrected chi connectivity index (χ3v) is 6.26. The number of aromatic nitrogens is 1. The fourth-order valence-corrected chi connectivity index (χ4v) is 4.75. The van der Waals surface area contributed by atoms with Crippen molar-refractivity contribution in [3.8, 4) is 11.3 Å². The van der Waals surface area contributed by atoms with Crippen molar-refractivity contribution >= 4 is 27.2 Å². The molecule has 0 amide bonds. The number of fused-ring (bicyclic) bond motifs is 1. The van der Waals surface area contributed by atoms with Crippen molar-refractivity contribution in [3.63, 3.8) is 0 Å². The van der Waals surface area contributed by atoms with E-state index >= 15 is 0 Å². The molecule has 27 heavy (non-hydrogen) atoms. The number of hydrogen-bond acceptors (Lipinski definition) is 3. The molecule has 0 unspecified atom stereocenters. The average Bonchev–Trinajstić information content (AvgIpc) is 3.10. The fraction of sp³-hybridized carbons (Fsp3) is 0.0455. The minimum Gasteiger partial charge on any atom is -0.303 e. The Hall–Kier alpha value is -3.18. The number of rotatable bonds is 5. The molecule has 3 aromatic carbocycles. The van der Waals surface area contributed by atoms with Crippen molar-refractivity contribution < 1.29 is 13.2 Å². The molecule has 134 valence electrons. The molecule has 0 fully saturated rings. The molecule has 0 N–H and O–H groups in total. The predicted molar refractivity (Wildman–Crippen MR) is 106 cm³/mol. The highest BCUT2D eigenvalue weighted by molar-refractivity contribution is 7.90. The molecule has 4 rings (SSSR count). The first-order chi connectivity index (χ1) is 13.1. The minimum absolute atomic E-state index is 0.241. The van der Waals surface area contributed by atoms with Crippen LogP contribution in [0.5, 0.6) is 0 Å². The van der Waals surface area contributed by atoms with Crippen LogP contribution in [-0.2, 0) is 21.2 Å². The number of nitrogens with zero attached hydrogens (tertiary/aromatic N) is 1. The Bertz CT molecular complexity index is 1210. The van der Waals surface area contributed by atoms with E-state index < -0.39 is 10.0 Å². The third kappa shape index (κ3) is 3.06. The summed E-state index contributed by atoms with van der Waals surface area (Å²) in [7, 11) is -3.76. The Morgan fingerprint density at radius 3 is 2.19 bits per heavy atom. The van der Waals surface area contributed by atoms with Crippen LogP contribution in [0.3, 0.4) is 0 Å². The molecular formula is C22H17NO3S. The summed E-state index contributed by atoms with van der Waals surface area (Å²) >= 11 is 0. The van der Waals surface area contributed by atoms with Gasteiger partial charge in [0, 0.05) is 11.8 Å². The number of para-hydroxylation sites is 1. The van der Waals surface area contributed by atoms with E-state index in [-0.39, 0.29) is 4.90 Å². The normalized spacial score (nSPS) is 11.6. The van der Waals surface area contributed by atoms with Gasteiger partial charge in [0.05, 0.1) is 16.1 Å². The van der Waals surface area contributed by atoms with Gasteiger partial charge in [-0.2, -0.15) is 0 Å². The summed E-state index contributed by atoms with van der Waals surface area (Å²) in [6, 6.07) is 25.1. The van der Waals surface area contributed by atoms with E-state index in [1.165, 1.54) is 3.97 Å². The molecule has 0 aliphatic heterocycles. The molecular weight excluding hydrogens is 358 g/mol. The van der Waals surface area contributed by atoms with Crippen LogP contribution in [0.15, 0.2) is 89.8 Å². The molecule has 1 aromatic heterocycles. The Balaban J connectivity index is 1.97. The lowest BCUT2D eigenvalue weighted by atomic mass is 10.1. The summed E-state index contributed by atoms with van der Waals surface area (Å²) in [6.07, 6.45) is 1.19. The number of benzene rings is 3. The summed E-state index contributed by atoms with van der Waals surface area (Å²) in [6.45, 7) is 0. The third-order valence-electron chi connectivity index (χ3n) is 4.52. The number of hydrogen-bond donors (Lipinski definition) is 0. The van der Waals surface area contributed by atoms with Crippen LogP contribution in [0.1, 0.15) is 5.56 Å². The van der Waals surface area contributed by atoms with Crippen molar-refractivity contribution in [2.24, 2.45) is 0 Å². The number of carbonyl (C=O) groups excluding carboxylic acids is 1. The Labute approximate surface area is 157 Å². The molecule has 1 heterocycles. The van der Waals surface area contributed by atoms with Crippen LogP contribution < -0.4 is 0 Å². The van der Waals surface area contributed by atoms with Crippen LogP contribution in [0.4, 0.5) is 0 Å². The second kappa shape index (κ2) is 6.85. The number of aldehydes is 1. The van der Waals surface area contributed by atoms with E-state index in [4.69, 9.17) is 0 Å². The topological polar surface area (TPSA) is 56.1 Å². The van der Waals surface area contributed by atoms with E-state index in [1.54, 1.807) is 36.4 Å². The van der Waals surface area contributed by atoms with E-state index in [2.05, 4.69) is 0 Å². The first-order valence-electron chi connectivity index (χ1n) is 8.55. The lowest BCUT2D eigenvalue weighted by Gasteiger charge is -2.12. The van der Waals surface area contributed by atoms with Crippen LogP contribution in [0.2, 0.25) is 0 Å². The molecule has 0 radical (unpaired) electrons. The van der Waals surface area contributed by atoms with Gasteiger partial charge in [0.2, 0.25) is 0 Å². The first-order valence-corrected chi connectivity index (χ1v) is 9.99. The Morgan fingerprint density at radius 2 is 1.48 bits per heavy atom. The highest BCUT2D eigenvalue weighted by Gasteiger charge is 2.23. The maximum absolute atomic E-state index is 13.4. The van der Waals surface area contributed by atoms with Crippen LogP contribution in [0.25, 0.3) is 22.2 Å².